The summed E-state index contributed by atoms with van der Waals surface area (Å²) in [5.74, 6) is -1.65. The number of benzene rings is 1. The predicted molar refractivity (Wildman–Crippen MR) is 74.9 cm³/mol. The van der Waals surface area contributed by atoms with Crippen LogP contribution in [-0.2, 0) is 0 Å². The number of anilines is 1. The summed E-state index contributed by atoms with van der Waals surface area (Å²) in [6, 6.07) is 6.21. The molecule has 9 heteroatoms. The molecule has 1 aliphatic rings. The van der Waals surface area contributed by atoms with Crippen molar-refractivity contribution in [2.24, 2.45) is 0 Å². The Hall–Kier alpha value is -3.49. The Balaban J connectivity index is 2.30. The van der Waals surface area contributed by atoms with Crippen molar-refractivity contribution in [2.75, 3.05) is 5.73 Å². The summed E-state index contributed by atoms with van der Waals surface area (Å²) < 4.78 is 0.948. The first kappa shape index (κ1) is 13.5. The van der Waals surface area contributed by atoms with E-state index in [1.54, 1.807) is 0 Å². The van der Waals surface area contributed by atoms with Crippen LogP contribution < -0.4 is 16.6 Å². The number of pyridine rings is 1. The first-order valence-electron chi connectivity index (χ1n) is 6.06. The molecule has 2 amide bonds. The number of rotatable bonds is 2. The summed E-state index contributed by atoms with van der Waals surface area (Å²) in [5.41, 5.74) is 4.84. The molecule has 1 aromatic carbocycles. The topological polar surface area (TPSA) is 137 Å². The van der Waals surface area contributed by atoms with Gasteiger partial charge in [0.1, 0.15) is 5.82 Å². The van der Waals surface area contributed by atoms with Crippen molar-refractivity contribution < 1.29 is 14.5 Å². The van der Waals surface area contributed by atoms with Crippen LogP contribution >= 0.6 is 0 Å². The van der Waals surface area contributed by atoms with E-state index >= 15 is 0 Å². The fourth-order valence-corrected chi connectivity index (χ4v) is 2.29. The van der Waals surface area contributed by atoms with E-state index in [2.05, 4.69) is 0 Å². The monoisotopic (exact) mass is 300 g/mol. The third-order valence-corrected chi connectivity index (χ3v) is 3.25. The Morgan fingerprint density at radius 3 is 2.55 bits per heavy atom. The van der Waals surface area contributed by atoms with E-state index < -0.39 is 22.3 Å². The van der Waals surface area contributed by atoms with Crippen molar-refractivity contribution in [2.45, 2.75) is 0 Å². The van der Waals surface area contributed by atoms with Crippen LogP contribution in [0, 0.1) is 10.1 Å². The van der Waals surface area contributed by atoms with Crippen molar-refractivity contribution in [3.8, 4) is 5.69 Å². The van der Waals surface area contributed by atoms with Crippen LogP contribution in [-0.4, -0.2) is 21.3 Å². The maximum atomic E-state index is 12.2. The molecule has 9 nitrogen and oxygen atoms in total. The molecule has 0 unspecified atom stereocenters. The summed E-state index contributed by atoms with van der Waals surface area (Å²) in [7, 11) is 0. The smallest absolute Gasteiger partial charge is 0.271 e. The number of nitrogens with one attached hydrogen (secondary N) is 1. The van der Waals surface area contributed by atoms with Crippen LogP contribution in [0.3, 0.4) is 0 Å². The maximum absolute atomic E-state index is 12.2. The number of nitro benzene ring substituents is 1. The number of imide groups is 1. The van der Waals surface area contributed by atoms with Gasteiger partial charge in [-0.2, -0.15) is 0 Å². The first-order valence-corrected chi connectivity index (χ1v) is 6.06. The first-order chi connectivity index (χ1) is 10.4. The second-order valence-electron chi connectivity index (χ2n) is 4.55. The quantitative estimate of drug-likeness (QED) is 0.462. The van der Waals surface area contributed by atoms with Gasteiger partial charge in [-0.05, 0) is 6.07 Å². The lowest BCUT2D eigenvalue weighted by molar-refractivity contribution is -0.384. The van der Waals surface area contributed by atoms with E-state index in [0.717, 1.165) is 16.7 Å². The number of hydrogen-bond acceptors (Lipinski definition) is 6. The number of nitrogens with two attached hydrogens (primary N) is 1. The number of aromatic nitrogens is 1. The van der Waals surface area contributed by atoms with Gasteiger partial charge in [-0.15, -0.1) is 0 Å². The van der Waals surface area contributed by atoms with Gasteiger partial charge in [0.05, 0.1) is 21.7 Å². The number of nitrogen functional groups attached to an aromatic ring is 1. The highest BCUT2D eigenvalue weighted by Crippen LogP contribution is 2.24. The van der Waals surface area contributed by atoms with Gasteiger partial charge < -0.3 is 5.73 Å². The third-order valence-electron chi connectivity index (χ3n) is 3.25. The van der Waals surface area contributed by atoms with Crippen molar-refractivity contribution in [1.29, 1.82) is 0 Å². The average molecular weight is 300 g/mol. The van der Waals surface area contributed by atoms with E-state index in [1.165, 1.54) is 18.2 Å². The molecule has 110 valence electrons. The van der Waals surface area contributed by atoms with Gasteiger partial charge in [0.25, 0.3) is 23.1 Å². The van der Waals surface area contributed by atoms with Gasteiger partial charge in [-0.3, -0.25) is 34.4 Å². The van der Waals surface area contributed by atoms with Gasteiger partial charge in [0.15, 0.2) is 0 Å². The lowest BCUT2D eigenvalue weighted by Crippen LogP contribution is -2.24. The van der Waals surface area contributed by atoms with Gasteiger partial charge >= 0.3 is 0 Å². The summed E-state index contributed by atoms with van der Waals surface area (Å²) >= 11 is 0. The molecule has 1 aromatic heterocycles. The molecule has 3 rings (SSSR count). The highest BCUT2D eigenvalue weighted by molar-refractivity contribution is 6.23. The van der Waals surface area contributed by atoms with Crippen LogP contribution in [0.1, 0.15) is 20.7 Å². The number of non-ortho nitro benzene ring substituents is 1. The number of amides is 2. The zero-order chi connectivity index (χ0) is 16.0. The number of nitro groups is 1. The zero-order valence-electron chi connectivity index (χ0n) is 10.9. The molecule has 0 bridgehead atoms. The van der Waals surface area contributed by atoms with Crippen LogP contribution in [0.2, 0.25) is 0 Å². The number of carbonyl (C=O) groups excluding carboxylic acids is 2. The minimum absolute atomic E-state index is 0.103. The average Bonchev–Trinajstić information content (AvgIpc) is 2.74. The summed E-state index contributed by atoms with van der Waals surface area (Å²) in [4.78, 5) is 45.6. The Bertz CT molecular complexity index is 915. The fourth-order valence-electron chi connectivity index (χ4n) is 2.29. The summed E-state index contributed by atoms with van der Waals surface area (Å²) in [6.07, 6.45) is 0. The van der Waals surface area contributed by atoms with Gasteiger partial charge in [0, 0.05) is 18.2 Å². The highest BCUT2D eigenvalue weighted by Gasteiger charge is 2.31. The van der Waals surface area contributed by atoms with E-state index in [1.807, 2.05) is 5.32 Å². The molecule has 22 heavy (non-hydrogen) atoms. The second-order valence-corrected chi connectivity index (χ2v) is 4.55. The van der Waals surface area contributed by atoms with Crippen molar-refractivity contribution in [1.82, 2.24) is 9.88 Å². The van der Waals surface area contributed by atoms with Crippen LogP contribution in [0.4, 0.5) is 11.5 Å². The molecule has 0 saturated carbocycles. The van der Waals surface area contributed by atoms with E-state index in [-0.39, 0.29) is 28.3 Å². The Kier molecular flexibility index (Phi) is 2.77. The molecule has 2 heterocycles. The van der Waals surface area contributed by atoms with Gasteiger partial charge in [-0.1, -0.05) is 6.07 Å². The maximum Gasteiger partial charge on any atom is 0.271 e. The zero-order valence-corrected chi connectivity index (χ0v) is 10.9. The van der Waals surface area contributed by atoms with Crippen LogP contribution in [0.5, 0.6) is 0 Å². The predicted octanol–water partition coefficient (Wildman–Crippen LogP) is 0.211. The minimum atomic E-state index is -0.711. The van der Waals surface area contributed by atoms with Crippen molar-refractivity contribution in [3.05, 3.63) is 61.9 Å². The molecule has 3 N–H and O–H groups in total. The summed E-state index contributed by atoms with van der Waals surface area (Å²) in [5, 5.41) is 12.9. The highest BCUT2D eigenvalue weighted by atomic mass is 16.6. The molecule has 0 radical (unpaired) electrons. The summed E-state index contributed by atoms with van der Waals surface area (Å²) in [6.45, 7) is 0. The van der Waals surface area contributed by atoms with E-state index in [4.69, 9.17) is 5.73 Å². The lowest BCUT2D eigenvalue weighted by Gasteiger charge is -2.11. The molecule has 0 spiro atoms. The fraction of sp³-hybridized carbons (Fsp3) is 0. The molecular weight excluding hydrogens is 292 g/mol. The van der Waals surface area contributed by atoms with Crippen LogP contribution in [0.25, 0.3) is 5.69 Å². The van der Waals surface area contributed by atoms with Crippen molar-refractivity contribution >= 4 is 23.3 Å². The molecular formula is C13H8N4O5. The molecule has 0 atom stereocenters. The Morgan fingerprint density at radius 1 is 1.14 bits per heavy atom. The van der Waals surface area contributed by atoms with Gasteiger partial charge in [-0.25, -0.2) is 0 Å². The molecule has 2 aromatic rings. The van der Waals surface area contributed by atoms with Gasteiger partial charge in [0.2, 0.25) is 0 Å². The number of nitrogens with zero attached hydrogens (tertiary/aromatic N) is 2. The molecule has 1 aliphatic heterocycles. The number of hydrogen-bond donors (Lipinski definition) is 2. The Labute approximate surface area is 122 Å². The SMILES string of the molecule is Nc1c2c(cc(=O)n1-c1cccc([N+](=O)[O-])c1)C(=O)NC2=O. The minimum Gasteiger partial charge on any atom is -0.384 e. The Morgan fingerprint density at radius 2 is 1.86 bits per heavy atom. The molecule has 0 aliphatic carbocycles. The lowest BCUT2D eigenvalue weighted by atomic mass is 10.1. The second kappa shape index (κ2) is 4.52. The molecule has 0 saturated heterocycles. The largest absolute Gasteiger partial charge is 0.384 e. The van der Waals surface area contributed by atoms with E-state index in [0.29, 0.717) is 0 Å². The standard InChI is InChI=1S/C13H8N4O5/c14-11-10-8(12(19)15-13(10)20)5-9(18)16(11)6-2-1-3-7(4-6)17(21)22/h1-5H,14H2,(H,15,19,20). The molecule has 0 fully saturated rings. The van der Waals surface area contributed by atoms with Crippen LogP contribution in [0.15, 0.2) is 35.1 Å². The normalized spacial score (nSPS) is 12.9. The van der Waals surface area contributed by atoms with Crippen molar-refractivity contribution in [3.63, 3.8) is 0 Å². The van der Waals surface area contributed by atoms with E-state index in [9.17, 15) is 24.5 Å². The third kappa shape index (κ3) is 1.84. The number of fused-ring (bicyclic) bond motifs is 1. The number of carbonyl (C=O) groups is 2.